The first-order chi connectivity index (χ1) is 10.4. The molecule has 0 aromatic carbocycles. The molecule has 0 aromatic heterocycles. The molecule has 2 unspecified atom stereocenters. The first-order valence-corrected chi connectivity index (χ1v) is 8.15. The number of nitrogens with one attached hydrogen (secondary N) is 2. The summed E-state index contributed by atoms with van der Waals surface area (Å²) in [5.74, 6) is -1.34. The molecule has 0 radical (unpaired) electrons. The van der Waals surface area contributed by atoms with Gasteiger partial charge in [0, 0.05) is 25.4 Å². The molecule has 0 spiro atoms. The van der Waals surface area contributed by atoms with Gasteiger partial charge >= 0.3 is 5.97 Å². The molecule has 0 rings (SSSR count). The maximum atomic E-state index is 11.7. The Kier molecular flexibility index (Phi) is 11.1. The Morgan fingerprint density at radius 2 is 1.73 bits per heavy atom. The van der Waals surface area contributed by atoms with E-state index in [1.54, 1.807) is 6.92 Å². The minimum atomic E-state index is -0.814. The van der Waals surface area contributed by atoms with Crippen molar-refractivity contribution < 1.29 is 19.5 Å². The number of carboxylic acid groups (broad SMARTS) is 1. The van der Waals surface area contributed by atoms with Crippen LogP contribution in [0.3, 0.4) is 0 Å². The fourth-order valence-corrected chi connectivity index (χ4v) is 2.04. The third-order valence-electron chi connectivity index (χ3n) is 3.46. The van der Waals surface area contributed by atoms with Gasteiger partial charge in [-0.25, -0.2) is 0 Å². The highest BCUT2D eigenvalue weighted by Gasteiger charge is 2.13. The standard InChI is InChI=1S/C16H30N2O4/c1-4-5-6-9-14(19)18-13(3)11-15(20)17-10-7-8-12(2)16(21)22/h12-13H,4-11H2,1-3H3,(H,17,20)(H,18,19)(H,21,22). The monoisotopic (exact) mass is 314 g/mol. The second kappa shape index (κ2) is 12.0. The van der Waals surface area contributed by atoms with Gasteiger partial charge in [0.25, 0.3) is 0 Å². The third-order valence-corrected chi connectivity index (χ3v) is 3.46. The van der Waals surface area contributed by atoms with Crippen LogP contribution in [-0.2, 0) is 14.4 Å². The lowest BCUT2D eigenvalue weighted by Crippen LogP contribution is -2.37. The van der Waals surface area contributed by atoms with E-state index in [0.717, 1.165) is 19.3 Å². The molecule has 3 N–H and O–H groups in total. The predicted octanol–water partition coefficient (Wildman–Crippen LogP) is 2.08. The number of carbonyl (C=O) groups is 3. The topological polar surface area (TPSA) is 95.5 Å². The van der Waals surface area contributed by atoms with Gasteiger partial charge in [0.15, 0.2) is 0 Å². The Bertz CT molecular complexity index is 358. The molecule has 0 aliphatic carbocycles. The highest BCUT2D eigenvalue weighted by molar-refractivity contribution is 5.79. The molecule has 2 amide bonds. The van der Waals surface area contributed by atoms with E-state index in [-0.39, 0.29) is 24.3 Å². The summed E-state index contributed by atoms with van der Waals surface area (Å²) in [4.78, 5) is 33.9. The molecule has 128 valence electrons. The molecule has 6 heteroatoms. The molecule has 22 heavy (non-hydrogen) atoms. The second-order valence-electron chi connectivity index (χ2n) is 5.86. The molecule has 0 aliphatic heterocycles. The molecular formula is C16H30N2O4. The summed E-state index contributed by atoms with van der Waals surface area (Å²) < 4.78 is 0. The van der Waals surface area contributed by atoms with Crippen molar-refractivity contribution in [2.45, 2.75) is 71.8 Å². The highest BCUT2D eigenvalue weighted by Crippen LogP contribution is 2.04. The Hall–Kier alpha value is -1.59. The number of rotatable bonds is 12. The van der Waals surface area contributed by atoms with Crippen LogP contribution in [-0.4, -0.2) is 35.5 Å². The number of aliphatic carboxylic acids is 1. The van der Waals surface area contributed by atoms with Gasteiger partial charge in [-0.2, -0.15) is 0 Å². The molecule has 0 aromatic rings. The van der Waals surface area contributed by atoms with Gasteiger partial charge in [0.1, 0.15) is 0 Å². The molecule has 6 nitrogen and oxygen atoms in total. The van der Waals surface area contributed by atoms with Crippen LogP contribution >= 0.6 is 0 Å². The molecule has 0 fully saturated rings. The summed E-state index contributed by atoms with van der Waals surface area (Å²) in [6.45, 7) is 6.01. The zero-order valence-electron chi connectivity index (χ0n) is 14.0. The fraction of sp³-hybridized carbons (Fsp3) is 0.812. The summed E-state index contributed by atoms with van der Waals surface area (Å²) in [5, 5.41) is 14.3. The fourth-order valence-electron chi connectivity index (χ4n) is 2.04. The Morgan fingerprint density at radius 3 is 2.32 bits per heavy atom. The summed E-state index contributed by atoms with van der Waals surface area (Å²) in [7, 11) is 0. The molecule has 0 bridgehead atoms. The van der Waals surface area contributed by atoms with E-state index in [1.807, 2.05) is 6.92 Å². The number of amides is 2. The van der Waals surface area contributed by atoms with Crippen LogP contribution in [0.25, 0.3) is 0 Å². The van der Waals surface area contributed by atoms with Crippen LogP contribution in [0.5, 0.6) is 0 Å². The Morgan fingerprint density at radius 1 is 1.05 bits per heavy atom. The minimum Gasteiger partial charge on any atom is -0.481 e. The van der Waals surface area contributed by atoms with Crippen LogP contribution in [0.1, 0.15) is 65.7 Å². The van der Waals surface area contributed by atoms with E-state index in [4.69, 9.17) is 5.11 Å². The van der Waals surface area contributed by atoms with Gasteiger partial charge in [-0.15, -0.1) is 0 Å². The number of hydrogen-bond acceptors (Lipinski definition) is 3. The van der Waals surface area contributed by atoms with Crippen molar-refractivity contribution in [1.29, 1.82) is 0 Å². The highest BCUT2D eigenvalue weighted by atomic mass is 16.4. The van der Waals surface area contributed by atoms with E-state index < -0.39 is 11.9 Å². The summed E-state index contributed by atoms with van der Waals surface area (Å²) in [6.07, 6.45) is 4.92. The average molecular weight is 314 g/mol. The van der Waals surface area contributed by atoms with Crippen LogP contribution in [0, 0.1) is 5.92 Å². The van der Waals surface area contributed by atoms with Crippen molar-refractivity contribution in [2.24, 2.45) is 5.92 Å². The SMILES string of the molecule is CCCCCC(=O)NC(C)CC(=O)NCCCC(C)C(=O)O. The first-order valence-electron chi connectivity index (χ1n) is 8.15. The lowest BCUT2D eigenvalue weighted by molar-refractivity contribution is -0.141. The third kappa shape index (κ3) is 11.1. The van der Waals surface area contributed by atoms with Crippen LogP contribution in [0.2, 0.25) is 0 Å². The largest absolute Gasteiger partial charge is 0.481 e. The van der Waals surface area contributed by atoms with Crippen LogP contribution < -0.4 is 10.6 Å². The maximum Gasteiger partial charge on any atom is 0.306 e. The van der Waals surface area contributed by atoms with Crippen molar-refractivity contribution >= 4 is 17.8 Å². The Balaban J connectivity index is 3.73. The first kappa shape index (κ1) is 20.4. The second-order valence-corrected chi connectivity index (χ2v) is 5.86. The molecular weight excluding hydrogens is 284 g/mol. The van der Waals surface area contributed by atoms with Gasteiger partial charge < -0.3 is 15.7 Å². The van der Waals surface area contributed by atoms with E-state index in [1.165, 1.54) is 0 Å². The minimum absolute atomic E-state index is 0.0102. The van der Waals surface area contributed by atoms with Gasteiger partial charge in [0.05, 0.1) is 5.92 Å². The molecule has 0 saturated heterocycles. The zero-order chi connectivity index (χ0) is 17.0. The van der Waals surface area contributed by atoms with Crippen molar-refractivity contribution in [2.75, 3.05) is 6.54 Å². The average Bonchev–Trinajstić information content (AvgIpc) is 2.43. The van der Waals surface area contributed by atoms with E-state index in [9.17, 15) is 14.4 Å². The van der Waals surface area contributed by atoms with Crippen molar-refractivity contribution in [1.82, 2.24) is 10.6 Å². The van der Waals surface area contributed by atoms with Gasteiger partial charge in [-0.3, -0.25) is 14.4 Å². The number of carboxylic acids is 1. The van der Waals surface area contributed by atoms with Crippen LogP contribution in [0.15, 0.2) is 0 Å². The summed E-state index contributed by atoms with van der Waals surface area (Å²) in [6, 6.07) is -0.188. The molecule has 0 saturated carbocycles. The molecule has 2 atom stereocenters. The van der Waals surface area contributed by atoms with Gasteiger partial charge in [0.2, 0.25) is 11.8 Å². The van der Waals surface area contributed by atoms with E-state index >= 15 is 0 Å². The lowest BCUT2D eigenvalue weighted by atomic mass is 10.1. The molecule has 0 aliphatic rings. The predicted molar refractivity (Wildman–Crippen MR) is 85.4 cm³/mol. The zero-order valence-corrected chi connectivity index (χ0v) is 14.0. The van der Waals surface area contributed by atoms with Crippen molar-refractivity contribution in [3.05, 3.63) is 0 Å². The number of carbonyl (C=O) groups excluding carboxylic acids is 2. The number of unbranched alkanes of at least 4 members (excludes halogenated alkanes) is 2. The van der Waals surface area contributed by atoms with E-state index in [2.05, 4.69) is 17.6 Å². The van der Waals surface area contributed by atoms with Crippen molar-refractivity contribution in [3.8, 4) is 0 Å². The summed E-state index contributed by atoms with van der Waals surface area (Å²) in [5.41, 5.74) is 0. The van der Waals surface area contributed by atoms with Crippen LogP contribution in [0.4, 0.5) is 0 Å². The summed E-state index contributed by atoms with van der Waals surface area (Å²) >= 11 is 0. The Labute approximate surface area is 133 Å². The quantitative estimate of drug-likeness (QED) is 0.481. The van der Waals surface area contributed by atoms with Gasteiger partial charge in [-0.05, 0) is 26.2 Å². The van der Waals surface area contributed by atoms with Gasteiger partial charge in [-0.1, -0.05) is 26.7 Å². The molecule has 0 heterocycles. The maximum absolute atomic E-state index is 11.7. The van der Waals surface area contributed by atoms with E-state index in [0.29, 0.717) is 25.8 Å². The number of hydrogen-bond donors (Lipinski definition) is 3. The van der Waals surface area contributed by atoms with Crippen molar-refractivity contribution in [3.63, 3.8) is 0 Å². The lowest BCUT2D eigenvalue weighted by Gasteiger charge is -2.14. The smallest absolute Gasteiger partial charge is 0.306 e. The normalized spacial score (nSPS) is 13.2.